The number of benzene rings is 2. The molecule has 4 rings (SSSR count). The Hall–Kier alpha value is -3.66. The maximum atomic E-state index is 12.9. The predicted molar refractivity (Wildman–Crippen MR) is 140 cm³/mol. The molecule has 0 radical (unpaired) electrons. The summed E-state index contributed by atoms with van der Waals surface area (Å²) in [6.07, 6.45) is 3.68. The summed E-state index contributed by atoms with van der Waals surface area (Å²) < 4.78 is 22.4. The molecule has 0 unspecified atom stereocenters. The Bertz CT molecular complexity index is 1180. The van der Waals surface area contributed by atoms with Crippen LogP contribution in [0.3, 0.4) is 0 Å². The fourth-order valence-corrected chi connectivity index (χ4v) is 4.89. The molecule has 0 spiro atoms. The van der Waals surface area contributed by atoms with Gasteiger partial charge in [-0.1, -0.05) is 18.2 Å². The van der Waals surface area contributed by atoms with E-state index in [1.165, 1.54) is 0 Å². The van der Waals surface area contributed by atoms with Crippen LogP contribution in [0.5, 0.6) is 23.0 Å². The second-order valence-electron chi connectivity index (χ2n) is 8.35. The first kappa shape index (κ1) is 26.4. The molecule has 0 aromatic heterocycles. The Morgan fingerprint density at radius 3 is 2.43 bits per heavy atom. The van der Waals surface area contributed by atoms with Crippen molar-refractivity contribution in [2.45, 2.75) is 19.8 Å². The predicted octanol–water partition coefficient (Wildman–Crippen LogP) is 4.21. The van der Waals surface area contributed by atoms with E-state index in [-0.39, 0.29) is 36.8 Å². The molecule has 2 aromatic rings. The quantitative estimate of drug-likeness (QED) is 0.402. The first-order chi connectivity index (χ1) is 18.0. The molecule has 2 aromatic carbocycles. The number of methoxy groups -OCH3 is 1. The van der Waals surface area contributed by atoms with Gasteiger partial charge in [-0.3, -0.25) is 19.3 Å². The van der Waals surface area contributed by atoms with E-state index in [0.717, 1.165) is 42.6 Å². The number of likely N-dealkylation sites (tertiary alicyclic amines) is 1. The number of carbonyl (C=O) groups is 3. The van der Waals surface area contributed by atoms with Gasteiger partial charge in [0.05, 0.1) is 25.2 Å². The van der Waals surface area contributed by atoms with Gasteiger partial charge in [0.2, 0.25) is 0 Å². The molecule has 196 valence electrons. The van der Waals surface area contributed by atoms with E-state index < -0.39 is 0 Å². The molecule has 0 bridgehead atoms. The van der Waals surface area contributed by atoms with Crippen LogP contribution in [0.4, 0.5) is 4.79 Å². The molecular formula is C27H30N2O7S. The van der Waals surface area contributed by atoms with Crippen LogP contribution in [-0.4, -0.2) is 73.4 Å². The lowest BCUT2D eigenvalue weighted by atomic mass is 10.2. The largest absolute Gasteiger partial charge is 0.493 e. The van der Waals surface area contributed by atoms with Gasteiger partial charge in [0.25, 0.3) is 17.1 Å². The summed E-state index contributed by atoms with van der Waals surface area (Å²) in [5.74, 6) is 1.61. The van der Waals surface area contributed by atoms with Crippen molar-refractivity contribution in [2.24, 2.45) is 0 Å². The lowest BCUT2D eigenvalue weighted by Crippen LogP contribution is -2.32. The number of thioether (sulfide) groups is 1. The standard InChI is InChI=1S/C27H30N2O7S/c1-3-34-23-16-19(10-11-22(23)36-18-25(30)28-12-6-7-13-28)17-24-26(31)29(27(32)37-24)14-15-35-21-9-5-4-8-20(21)33-2/h4-5,8-11,16-17H,3,6-7,12-15,18H2,1-2H3/b24-17-. The molecule has 2 aliphatic heterocycles. The highest BCUT2D eigenvalue weighted by Crippen LogP contribution is 2.35. The third-order valence-corrected chi connectivity index (χ3v) is 6.80. The first-order valence-corrected chi connectivity index (χ1v) is 13.0. The number of ether oxygens (including phenoxy) is 4. The minimum atomic E-state index is -0.381. The first-order valence-electron chi connectivity index (χ1n) is 12.2. The van der Waals surface area contributed by atoms with E-state index in [9.17, 15) is 14.4 Å². The third kappa shape index (κ3) is 6.56. The summed E-state index contributed by atoms with van der Waals surface area (Å²) in [7, 11) is 1.55. The van der Waals surface area contributed by atoms with E-state index in [4.69, 9.17) is 18.9 Å². The van der Waals surface area contributed by atoms with Gasteiger partial charge in [-0.25, -0.2) is 0 Å². The Balaban J connectivity index is 1.39. The van der Waals surface area contributed by atoms with Crippen LogP contribution in [-0.2, 0) is 9.59 Å². The van der Waals surface area contributed by atoms with Crippen LogP contribution < -0.4 is 18.9 Å². The highest BCUT2D eigenvalue weighted by Gasteiger charge is 2.35. The van der Waals surface area contributed by atoms with E-state index in [1.54, 1.807) is 48.4 Å². The van der Waals surface area contributed by atoms with Gasteiger partial charge in [-0.2, -0.15) is 0 Å². The molecule has 2 fully saturated rings. The zero-order valence-electron chi connectivity index (χ0n) is 20.9. The van der Waals surface area contributed by atoms with E-state index in [1.807, 2.05) is 19.1 Å². The molecule has 0 atom stereocenters. The maximum absolute atomic E-state index is 12.9. The van der Waals surface area contributed by atoms with Gasteiger partial charge >= 0.3 is 0 Å². The topological polar surface area (TPSA) is 94.6 Å². The van der Waals surface area contributed by atoms with Crippen LogP contribution >= 0.6 is 11.8 Å². The molecule has 0 N–H and O–H groups in total. The number of imide groups is 1. The summed E-state index contributed by atoms with van der Waals surface area (Å²) >= 11 is 0.878. The lowest BCUT2D eigenvalue weighted by Gasteiger charge is -2.17. The molecule has 2 saturated heterocycles. The summed E-state index contributed by atoms with van der Waals surface area (Å²) in [5, 5.41) is -0.356. The van der Waals surface area contributed by atoms with Gasteiger partial charge in [0.1, 0.15) is 6.61 Å². The summed E-state index contributed by atoms with van der Waals surface area (Å²) in [6, 6.07) is 12.4. The fraction of sp³-hybridized carbons (Fsp3) is 0.370. The molecule has 2 heterocycles. The number of hydrogen-bond donors (Lipinski definition) is 0. The lowest BCUT2D eigenvalue weighted by molar-refractivity contribution is -0.132. The Kier molecular flexibility index (Phi) is 8.95. The minimum absolute atomic E-state index is 0.0487. The Morgan fingerprint density at radius 1 is 0.973 bits per heavy atom. The van der Waals surface area contributed by atoms with Crippen LogP contribution in [0, 0.1) is 0 Å². The SMILES string of the molecule is CCOc1cc(/C=C2\SC(=O)N(CCOc3ccccc3OC)C2=O)ccc1OCC(=O)N1CCCC1. The van der Waals surface area contributed by atoms with E-state index >= 15 is 0 Å². The van der Waals surface area contributed by atoms with E-state index in [2.05, 4.69) is 0 Å². The fourth-order valence-electron chi connectivity index (χ4n) is 4.03. The molecule has 0 aliphatic carbocycles. The van der Waals surface area contributed by atoms with Crippen LogP contribution in [0.25, 0.3) is 6.08 Å². The summed E-state index contributed by atoms with van der Waals surface area (Å²) in [4.78, 5) is 41.0. The number of amides is 3. The van der Waals surface area contributed by atoms with Crippen molar-refractivity contribution in [1.29, 1.82) is 0 Å². The Labute approximate surface area is 220 Å². The van der Waals surface area contributed by atoms with Crippen molar-refractivity contribution < 1.29 is 33.3 Å². The van der Waals surface area contributed by atoms with Crippen LogP contribution in [0.15, 0.2) is 47.4 Å². The molecule has 0 saturated carbocycles. The Morgan fingerprint density at radius 2 is 1.70 bits per heavy atom. The third-order valence-electron chi connectivity index (χ3n) is 5.89. The molecule has 9 nitrogen and oxygen atoms in total. The highest BCUT2D eigenvalue weighted by molar-refractivity contribution is 8.18. The van der Waals surface area contributed by atoms with Gasteiger partial charge < -0.3 is 23.8 Å². The number of carbonyl (C=O) groups excluding carboxylic acids is 3. The van der Waals surface area contributed by atoms with Crippen LogP contribution in [0.1, 0.15) is 25.3 Å². The highest BCUT2D eigenvalue weighted by atomic mass is 32.2. The van der Waals surface area contributed by atoms with Gasteiger partial charge in [0.15, 0.2) is 29.6 Å². The second-order valence-corrected chi connectivity index (χ2v) is 9.34. The second kappa shape index (κ2) is 12.5. The van der Waals surface area contributed by atoms with Crippen molar-refractivity contribution in [1.82, 2.24) is 9.80 Å². The average Bonchev–Trinajstić information content (AvgIpc) is 3.53. The molecule has 10 heteroatoms. The molecule has 3 amide bonds. The average molecular weight is 527 g/mol. The van der Waals surface area contributed by atoms with Crippen molar-refractivity contribution in [3.8, 4) is 23.0 Å². The monoisotopic (exact) mass is 526 g/mol. The number of para-hydroxylation sites is 2. The van der Waals surface area contributed by atoms with Crippen molar-refractivity contribution in [3.63, 3.8) is 0 Å². The minimum Gasteiger partial charge on any atom is -0.493 e. The van der Waals surface area contributed by atoms with Gasteiger partial charge in [0, 0.05) is 13.1 Å². The van der Waals surface area contributed by atoms with Crippen molar-refractivity contribution >= 4 is 34.9 Å². The number of rotatable bonds is 11. The number of hydrogen-bond acceptors (Lipinski definition) is 8. The number of nitrogens with zero attached hydrogens (tertiary/aromatic N) is 2. The van der Waals surface area contributed by atoms with Gasteiger partial charge in [-0.15, -0.1) is 0 Å². The summed E-state index contributed by atoms with van der Waals surface area (Å²) in [6.45, 7) is 3.98. The van der Waals surface area contributed by atoms with E-state index in [0.29, 0.717) is 40.1 Å². The van der Waals surface area contributed by atoms with Crippen molar-refractivity contribution in [2.75, 3.05) is 46.6 Å². The van der Waals surface area contributed by atoms with Crippen molar-refractivity contribution in [3.05, 3.63) is 52.9 Å². The van der Waals surface area contributed by atoms with Crippen LogP contribution in [0.2, 0.25) is 0 Å². The zero-order chi connectivity index (χ0) is 26.2. The molecule has 2 aliphatic rings. The molecule has 37 heavy (non-hydrogen) atoms. The van der Waals surface area contributed by atoms with Gasteiger partial charge in [-0.05, 0) is 67.4 Å². The summed E-state index contributed by atoms with van der Waals surface area (Å²) in [5.41, 5.74) is 0.678. The molecular weight excluding hydrogens is 496 g/mol. The smallest absolute Gasteiger partial charge is 0.293 e. The maximum Gasteiger partial charge on any atom is 0.293 e. The normalized spacial score (nSPS) is 16.4. The zero-order valence-corrected chi connectivity index (χ0v) is 21.8.